The van der Waals surface area contributed by atoms with Gasteiger partial charge in [-0.2, -0.15) is 5.10 Å². The van der Waals surface area contributed by atoms with Crippen molar-refractivity contribution in [3.63, 3.8) is 0 Å². The highest BCUT2D eigenvalue weighted by atomic mass is 16.3. The Morgan fingerprint density at radius 2 is 1.97 bits per heavy atom. The molecule has 36 heavy (non-hydrogen) atoms. The van der Waals surface area contributed by atoms with E-state index in [1.807, 2.05) is 36.4 Å². The number of carbonyl (C=O) groups excluding carboxylic acids is 1. The maximum absolute atomic E-state index is 12.4. The van der Waals surface area contributed by atoms with Crippen LogP contribution in [0.3, 0.4) is 0 Å². The number of pyridine rings is 3. The Labute approximate surface area is 205 Å². The molecule has 6 aromatic heterocycles. The second kappa shape index (κ2) is 8.16. The summed E-state index contributed by atoms with van der Waals surface area (Å²) >= 11 is 0. The third kappa shape index (κ3) is 3.44. The van der Waals surface area contributed by atoms with E-state index >= 15 is 0 Å². The molecule has 6 heterocycles. The number of rotatable bonds is 5. The Morgan fingerprint density at radius 3 is 2.81 bits per heavy atom. The minimum atomic E-state index is 0.0591. The molecule has 0 aliphatic heterocycles. The maximum atomic E-state index is 12.4. The number of H-pyrrole nitrogens is 2. The molecule has 9 heteroatoms. The van der Waals surface area contributed by atoms with Gasteiger partial charge in [0.25, 0.3) is 0 Å². The predicted molar refractivity (Wildman–Crippen MR) is 136 cm³/mol. The third-order valence-corrected chi connectivity index (χ3v) is 6.78. The van der Waals surface area contributed by atoms with Gasteiger partial charge in [-0.25, -0.2) is 4.98 Å². The molecule has 1 saturated carbocycles. The molecule has 176 valence electrons. The Bertz CT molecular complexity index is 1730. The van der Waals surface area contributed by atoms with Crippen LogP contribution in [0.2, 0.25) is 0 Å². The summed E-state index contributed by atoms with van der Waals surface area (Å²) in [6.07, 6.45) is 11.5. The first-order valence-electron chi connectivity index (χ1n) is 11.8. The summed E-state index contributed by atoms with van der Waals surface area (Å²) in [5.74, 6) is 0.168. The van der Waals surface area contributed by atoms with Crippen molar-refractivity contribution in [3.8, 4) is 33.9 Å². The Balaban J connectivity index is 1.26. The molecule has 1 amide bonds. The molecule has 3 N–H and O–H groups in total. The van der Waals surface area contributed by atoms with Crippen molar-refractivity contribution in [1.29, 1.82) is 0 Å². The molecule has 1 aliphatic carbocycles. The zero-order valence-electron chi connectivity index (χ0n) is 19.2. The average molecular weight is 476 g/mol. The first kappa shape index (κ1) is 20.6. The van der Waals surface area contributed by atoms with E-state index in [2.05, 4.69) is 30.5 Å². The van der Waals surface area contributed by atoms with Crippen LogP contribution < -0.4 is 5.32 Å². The molecule has 1 aliphatic rings. The summed E-state index contributed by atoms with van der Waals surface area (Å²) in [4.78, 5) is 29.6. The van der Waals surface area contributed by atoms with Crippen molar-refractivity contribution in [2.24, 2.45) is 5.92 Å². The number of amides is 1. The Kier molecular flexibility index (Phi) is 4.66. The number of anilines is 1. The predicted octanol–water partition coefficient (Wildman–Crippen LogP) is 5.56. The van der Waals surface area contributed by atoms with E-state index in [0.29, 0.717) is 11.4 Å². The molecular formula is C27H21N7O2. The fraction of sp³-hybridized carbons (Fsp3) is 0.148. The summed E-state index contributed by atoms with van der Waals surface area (Å²) < 4.78 is 5.25. The second-order valence-electron chi connectivity index (χ2n) is 9.06. The minimum absolute atomic E-state index is 0.0591. The highest BCUT2D eigenvalue weighted by Gasteiger charge is 2.25. The van der Waals surface area contributed by atoms with Gasteiger partial charge in [0.2, 0.25) is 5.91 Å². The van der Waals surface area contributed by atoms with Crippen molar-refractivity contribution in [3.05, 3.63) is 67.5 Å². The smallest absolute Gasteiger partial charge is 0.227 e. The van der Waals surface area contributed by atoms with Crippen molar-refractivity contribution in [2.45, 2.75) is 19.3 Å². The average Bonchev–Trinajstić information content (AvgIpc) is 3.61. The van der Waals surface area contributed by atoms with Crippen molar-refractivity contribution < 1.29 is 9.21 Å². The number of fused-ring (bicyclic) bond motifs is 2. The van der Waals surface area contributed by atoms with Crippen LogP contribution in [0.1, 0.15) is 19.3 Å². The lowest BCUT2D eigenvalue weighted by molar-refractivity contribution is -0.122. The number of carbonyl (C=O) groups is 1. The van der Waals surface area contributed by atoms with Gasteiger partial charge in [-0.05, 0) is 49.2 Å². The summed E-state index contributed by atoms with van der Waals surface area (Å²) in [5, 5.41) is 11.6. The molecule has 0 bridgehead atoms. The van der Waals surface area contributed by atoms with Gasteiger partial charge < -0.3 is 14.7 Å². The summed E-state index contributed by atoms with van der Waals surface area (Å²) in [6.45, 7) is 0. The van der Waals surface area contributed by atoms with E-state index < -0.39 is 0 Å². The van der Waals surface area contributed by atoms with Gasteiger partial charge >= 0.3 is 0 Å². The van der Waals surface area contributed by atoms with Crippen molar-refractivity contribution >= 4 is 33.5 Å². The van der Waals surface area contributed by atoms with E-state index in [4.69, 9.17) is 9.40 Å². The number of aromatic nitrogens is 6. The van der Waals surface area contributed by atoms with Crippen LogP contribution in [0.25, 0.3) is 55.8 Å². The fourth-order valence-electron chi connectivity index (χ4n) is 4.62. The highest BCUT2D eigenvalue weighted by Crippen LogP contribution is 2.33. The largest absolute Gasteiger partial charge is 0.472 e. The van der Waals surface area contributed by atoms with Crippen molar-refractivity contribution in [1.82, 2.24) is 30.1 Å². The number of furan rings is 1. The molecule has 0 atom stereocenters. The van der Waals surface area contributed by atoms with Crippen LogP contribution in [0.5, 0.6) is 0 Å². The monoisotopic (exact) mass is 475 g/mol. The molecule has 0 radical (unpaired) electrons. The van der Waals surface area contributed by atoms with Crippen LogP contribution >= 0.6 is 0 Å². The third-order valence-electron chi connectivity index (χ3n) is 6.78. The van der Waals surface area contributed by atoms with Gasteiger partial charge in [-0.1, -0.05) is 6.42 Å². The van der Waals surface area contributed by atoms with Crippen LogP contribution in [0, 0.1) is 5.92 Å². The van der Waals surface area contributed by atoms with E-state index in [0.717, 1.165) is 69.4 Å². The summed E-state index contributed by atoms with van der Waals surface area (Å²) in [5.41, 5.74) is 8.04. The Hall–Kier alpha value is -4.79. The molecule has 0 spiro atoms. The Morgan fingerprint density at radius 1 is 1.03 bits per heavy atom. The number of nitrogens with one attached hydrogen (secondary N) is 3. The number of hydrogen-bond donors (Lipinski definition) is 3. The first-order chi connectivity index (χ1) is 17.7. The summed E-state index contributed by atoms with van der Waals surface area (Å²) in [7, 11) is 0. The zero-order chi connectivity index (χ0) is 24.1. The zero-order valence-corrected chi connectivity index (χ0v) is 19.2. The van der Waals surface area contributed by atoms with Crippen LogP contribution in [0.4, 0.5) is 5.69 Å². The molecule has 9 nitrogen and oxygen atoms in total. The van der Waals surface area contributed by atoms with E-state index in [9.17, 15) is 4.79 Å². The number of hydrogen-bond acceptors (Lipinski definition) is 6. The number of nitrogens with zero attached hydrogens (tertiary/aromatic N) is 4. The minimum Gasteiger partial charge on any atom is -0.472 e. The maximum Gasteiger partial charge on any atom is 0.227 e. The van der Waals surface area contributed by atoms with Gasteiger partial charge in [0.1, 0.15) is 11.2 Å². The molecule has 6 aromatic rings. The van der Waals surface area contributed by atoms with Gasteiger partial charge in [0.05, 0.1) is 47.0 Å². The van der Waals surface area contributed by atoms with Gasteiger partial charge in [-0.3, -0.25) is 19.9 Å². The van der Waals surface area contributed by atoms with Gasteiger partial charge in [0, 0.05) is 40.3 Å². The molecule has 1 fully saturated rings. The SMILES string of the molecule is O=C(Nc1cncc(-c2ccc3[nH]nc(-c4cc5c(-c6ccoc6)nccc5[nH]4)c3n2)c1)C1CCC1. The van der Waals surface area contributed by atoms with E-state index in [-0.39, 0.29) is 11.8 Å². The first-order valence-corrected chi connectivity index (χ1v) is 11.8. The molecular weight excluding hydrogens is 454 g/mol. The van der Waals surface area contributed by atoms with Crippen LogP contribution in [-0.4, -0.2) is 36.0 Å². The lowest BCUT2D eigenvalue weighted by Crippen LogP contribution is -2.28. The second-order valence-corrected chi connectivity index (χ2v) is 9.06. The van der Waals surface area contributed by atoms with E-state index in [1.165, 1.54) is 0 Å². The lowest BCUT2D eigenvalue weighted by atomic mass is 9.85. The number of aromatic amines is 2. The van der Waals surface area contributed by atoms with Crippen LogP contribution in [0.15, 0.2) is 71.9 Å². The topological polar surface area (TPSA) is 125 Å². The normalized spacial score (nSPS) is 13.8. The van der Waals surface area contributed by atoms with Crippen molar-refractivity contribution in [2.75, 3.05) is 5.32 Å². The molecule has 0 aromatic carbocycles. The molecule has 7 rings (SSSR count). The quantitative estimate of drug-likeness (QED) is 0.300. The summed E-state index contributed by atoms with van der Waals surface area (Å²) in [6, 6.07) is 11.6. The standard InChI is InChI=1S/C27H21N7O2/c35-27(15-2-1-3-15)30-18-10-17(12-28-13-18)20-4-5-22-25(32-20)26(34-33-22)23-11-19-21(31-23)6-8-29-24(19)16-7-9-36-14-16/h4-15,31H,1-3H2,(H,30,35)(H,33,34). The van der Waals surface area contributed by atoms with Gasteiger partial charge in [-0.15, -0.1) is 0 Å². The molecule has 0 saturated heterocycles. The highest BCUT2D eigenvalue weighted by molar-refractivity contribution is 5.99. The molecule has 0 unspecified atom stereocenters. The van der Waals surface area contributed by atoms with E-state index in [1.54, 1.807) is 31.1 Å². The fourth-order valence-corrected chi connectivity index (χ4v) is 4.62. The lowest BCUT2D eigenvalue weighted by Gasteiger charge is -2.24. The van der Waals surface area contributed by atoms with Gasteiger partial charge in [0.15, 0.2) is 0 Å². The van der Waals surface area contributed by atoms with Crippen LogP contribution in [-0.2, 0) is 4.79 Å².